The molecule has 2 aliphatic rings. The molecule has 1 unspecified atom stereocenters. The lowest BCUT2D eigenvalue weighted by molar-refractivity contribution is -0.348. The standard InChI is InChI=1S/C27H28F7NO3S/c1-18-6-5-9-22(16-18)39(37,38)24(14-15-35(17-24)23(36)19-7-3-2-4-8-19)20-10-12-21(13-11-20)25(28,26(29,30)31)27(32,33)34/h5-6,9-13,16,19H,2-4,7-8,14-15,17H2,1H3. The third-order valence-electron chi connectivity index (χ3n) is 7.90. The van der Waals surface area contributed by atoms with Crippen molar-refractivity contribution in [2.75, 3.05) is 13.1 Å². The fourth-order valence-electron chi connectivity index (χ4n) is 5.69. The Morgan fingerprint density at radius 3 is 2.03 bits per heavy atom. The molecule has 1 saturated carbocycles. The molecule has 12 heteroatoms. The first-order chi connectivity index (χ1) is 18.0. The summed E-state index contributed by atoms with van der Waals surface area (Å²) >= 11 is 0. The summed E-state index contributed by atoms with van der Waals surface area (Å²) in [6.45, 7) is 1.39. The number of halogens is 7. The largest absolute Gasteiger partial charge is 0.435 e. The van der Waals surface area contributed by atoms with Crippen molar-refractivity contribution in [3.05, 3.63) is 65.2 Å². The topological polar surface area (TPSA) is 54.5 Å². The minimum absolute atomic E-state index is 0.0419. The van der Waals surface area contributed by atoms with Crippen LogP contribution >= 0.6 is 0 Å². The van der Waals surface area contributed by atoms with E-state index in [0.717, 1.165) is 31.4 Å². The number of carbonyl (C=O) groups is 1. The molecule has 0 spiro atoms. The Morgan fingerprint density at radius 2 is 1.49 bits per heavy atom. The maximum absolute atomic E-state index is 14.6. The summed E-state index contributed by atoms with van der Waals surface area (Å²) in [7, 11) is -4.31. The highest BCUT2D eigenvalue weighted by atomic mass is 32.2. The van der Waals surface area contributed by atoms with Crippen LogP contribution in [0.3, 0.4) is 0 Å². The number of rotatable bonds is 5. The molecule has 1 atom stereocenters. The molecule has 2 aromatic carbocycles. The fraction of sp³-hybridized carbons (Fsp3) is 0.519. The number of carbonyl (C=O) groups excluding carboxylic acids is 1. The zero-order valence-corrected chi connectivity index (χ0v) is 21.9. The van der Waals surface area contributed by atoms with Crippen LogP contribution in [0.2, 0.25) is 0 Å². The summed E-state index contributed by atoms with van der Waals surface area (Å²) in [5, 5.41) is 0. The second-order valence-electron chi connectivity index (χ2n) is 10.4. The zero-order chi connectivity index (χ0) is 28.9. The molecular formula is C27H28F7NO3S. The van der Waals surface area contributed by atoms with Gasteiger partial charge in [0.15, 0.2) is 9.84 Å². The number of hydrogen-bond donors (Lipinski definition) is 0. The Morgan fingerprint density at radius 1 is 0.897 bits per heavy atom. The summed E-state index contributed by atoms with van der Waals surface area (Å²) in [4.78, 5) is 14.6. The van der Waals surface area contributed by atoms with Crippen LogP contribution < -0.4 is 0 Å². The Hall–Kier alpha value is -2.63. The van der Waals surface area contributed by atoms with E-state index in [1.807, 2.05) is 0 Å². The summed E-state index contributed by atoms with van der Waals surface area (Å²) in [5.74, 6) is -0.492. The van der Waals surface area contributed by atoms with E-state index in [1.54, 1.807) is 13.0 Å². The Labute approximate surface area is 222 Å². The highest BCUT2D eigenvalue weighted by Crippen LogP contribution is 2.54. The number of amides is 1. The van der Waals surface area contributed by atoms with E-state index in [-0.39, 0.29) is 41.8 Å². The molecule has 4 rings (SSSR count). The van der Waals surface area contributed by atoms with Crippen LogP contribution in [-0.2, 0) is 25.0 Å². The number of benzene rings is 2. The lowest BCUT2D eigenvalue weighted by atomic mass is 9.88. The predicted octanol–water partition coefficient (Wildman–Crippen LogP) is 6.77. The molecule has 0 aromatic heterocycles. The van der Waals surface area contributed by atoms with Gasteiger partial charge in [-0.1, -0.05) is 55.7 Å². The van der Waals surface area contributed by atoms with Crippen LogP contribution in [0, 0.1) is 12.8 Å². The first-order valence-electron chi connectivity index (χ1n) is 12.6. The molecule has 2 fully saturated rings. The molecule has 1 aliphatic carbocycles. The van der Waals surface area contributed by atoms with Gasteiger partial charge in [0.1, 0.15) is 4.75 Å². The molecule has 1 saturated heterocycles. The van der Waals surface area contributed by atoms with Gasteiger partial charge in [-0.05, 0) is 49.4 Å². The molecule has 1 aliphatic heterocycles. The average Bonchev–Trinajstić information content (AvgIpc) is 3.34. The molecular weight excluding hydrogens is 551 g/mol. The number of aryl methyl sites for hydroxylation is 1. The zero-order valence-electron chi connectivity index (χ0n) is 21.1. The van der Waals surface area contributed by atoms with Crippen molar-refractivity contribution in [3.8, 4) is 0 Å². The minimum Gasteiger partial charge on any atom is -0.340 e. The predicted molar refractivity (Wildman–Crippen MR) is 129 cm³/mol. The summed E-state index contributed by atoms with van der Waals surface area (Å²) in [6.07, 6.45) is -8.68. The summed E-state index contributed by atoms with van der Waals surface area (Å²) in [5.41, 5.74) is -6.84. The molecule has 0 bridgehead atoms. The van der Waals surface area contributed by atoms with Crippen molar-refractivity contribution >= 4 is 15.7 Å². The van der Waals surface area contributed by atoms with Crippen molar-refractivity contribution in [2.24, 2.45) is 5.92 Å². The number of hydrogen-bond acceptors (Lipinski definition) is 3. The maximum Gasteiger partial charge on any atom is 0.435 e. The lowest BCUT2D eigenvalue weighted by Crippen LogP contribution is -2.50. The van der Waals surface area contributed by atoms with Crippen LogP contribution in [0.4, 0.5) is 30.7 Å². The number of nitrogens with zero attached hydrogens (tertiary/aromatic N) is 1. The number of alkyl halides is 7. The highest BCUT2D eigenvalue weighted by Gasteiger charge is 2.73. The average molecular weight is 580 g/mol. The van der Waals surface area contributed by atoms with Crippen molar-refractivity contribution in [1.82, 2.24) is 4.90 Å². The van der Waals surface area contributed by atoms with E-state index in [4.69, 9.17) is 0 Å². The molecule has 0 N–H and O–H groups in total. The molecule has 39 heavy (non-hydrogen) atoms. The number of sulfone groups is 1. The van der Waals surface area contributed by atoms with E-state index in [2.05, 4.69) is 0 Å². The van der Waals surface area contributed by atoms with Gasteiger partial charge < -0.3 is 4.90 Å². The molecule has 2 aromatic rings. The van der Waals surface area contributed by atoms with Gasteiger partial charge in [0, 0.05) is 24.6 Å². The molecule has 0 radical (unpaired) electrons. The van der Waals surface area contributed by atoms with Crippen molar-refractivity contribution in [3.63, 3.8) is 0 Å². The monoisotopic (exact) mass is 579 g/mol. The summed E-state index contributed by atoms with van der Waals surface area (Å²) in [6, 6.07) is 8.20. The smallest absolute Gasteiger partial charge is 0.340 e. The van der Waals surface area contributed by atoms with Gasteiger partial charge in [0.2, 0.25) is 5.91 Å². The Bertz CT molecular complexity index is 1300. The number of likely N-dealkylation sites (tertiary alicyclic amines) is 1. The van der Waals surface area contributed by atoms with E-state index in [0.29, 0.717) is 30.5 Å². The highest BCUT2D eigenvalue weighted by molar-refractivity contribution is 7.92. The Balaban J connectivity index is 1.80. The first-order valence-corrected chi connectivity index (χ1v) is 14.1. The SMILES string of the molecule is Cc1cccc(S(=O)(=O)C2(c3ccc(C(F)(C(F)(F)F)C(F)(F)F)cc3)CCN(C(=O)C3CCCCC3)C2)c1. The first kappa shape index (κ1) is 29.4. The summed E-state index contributed by atoms with van der Waals surface area (Å²) < 4.78 is 121. The maximum atomic E-state index is 14.6. The lowest BCUT2D eigenvalue weighted by Gasteiger charge is -2.33. The second kappa shape index (κ2) is 10.1. The molecule has 1 heterocycles. The second-order valence-corrected chi connectivity index (χ2v) is 12.7. The molecule has 4 nitrogen and oxygen atoms in total. The minimum atomic E-state index is -6.30. The van der Waals surface area contributed by atoms with E-state index < -0.39 is 38.2 Å². The van der Waals surface area contributed by atoms with Crippen molar-refractivity contribution in [2.45, 2.75) is 73.1 Å². The van der Waals surface area contributed by atoms with E-state index in [9.17, 15) is 43.9 Å². The van der Waals surface area contributed by atoms with Gasteiger partial charge >= 0.3 is 18.0 Å². The van der Waals surface area contributed by atoms with Crippen molar-refractivity contribution in [1.29, 1.82) is 0 Å². The van der Waals surface area contributed by atoms with E-state index in [1.165, 1.54) is 23.1 Å². The fourth-order valence-corrected chi connectivity index (χ4v) is 7.87. The van der Waals surface area contributed by atoms with Gasteiger partial charge in [-0.2, -0.15) is 26.3 Å². The third kappa shape index (κ3) is 4.93. The van der Waals surface area contributed by atoms with Gasteiger partial charge in [-0.3, -0.25) is 4.79 Å². The molecule has 214 valence electrons. The van der Waals surface area contributed by atoms with Crippen molar-refractivity contribution < 1.29 is 43.9 Å². The Kier molecular flexibility index (Phi) is 7.59. The van der Waals surface area contributed by atoms with Crippen LogP contribution in [0.5, 0.6) is 0 Å². The van der Waals surface area contributed by atoms with Gasteiger partial charge in [-0.15, -0.1) is 0 Å². The normalized spacial score (nSPS) is 21.8. The van der Waals surface area contributed by atoms with Crippen LogP contribution in [0.15, 0.2) is 53.4 Å². The van der Waals surface area contributed by atoms with Gasteiger partial charge in [0.05, 0.1) is 4.90 Å². The van der Waals surface area contributed by atoms with Crippen LogP contribution in [-0.4, -0.2) is 44.7 Å². The quantitative estimate of drug-likeness (QED) is 0.368. The van der Waals surface area contributed by atoms with Gasteiger partial charge in [-0.25, -0.2) is 12.8 Å². The molecule has 1 amide bonds. The van der Waals surface area contributed by atoms with Crippen LogP contribution in [0.25, 0.3) is 0 Å². The van der Waals surface area contributed by atoms with Crippen LogP contribution in [0.1, 0.15) is 55.2 Å². The van der Waals surface area contributed by atoms with Gasteiger partial charge in [0.25, 0.3) is 0 Å². The third-order valence-corrected chi connectivity index (χ3v) is 10.4. The van der Waals surface area contributed by atoms with E-state index >= 15 is 0 Å².